The van der Waals surface area contributed by atoms with Gasteiger partial charge in [-0.05, 0) is 38.8 Å². The van der Waals surface area contributed by atoms with Gasteiger partial charge in [-0.15, -0.1) is 0 Å². The summed E-state index contributed by atoms with van der Waals surface area (Å²) in [6.45, 7) is 12.8. The third kappa shape index (κ3) is 5.64. The van der Waals surface area contributed by atoms with Crippen molar-refractivity contribution in [2.45, 2.75) is 72.9 Å². The molecule has 8 nitrogen and oxygen atoms in total. The van der Waals surface area contributed by atoms with Gasteiger partial charge in [-0.25, -0.2) is 9.97 Å². The Bertz CT molecular complexity index is 1260. The summed E-state index contributed by atoms with van der Waals surface area (Å²) in [6, 6.07) is 8.08. The van der Waals surface area contributed by atoms with Crippen LogP contribution in [0.4, 0.5) is 5.82 Å². The van der Waals surface area contributed by atoms with Crippen LogP contribution in [0.5, 0.6) is 11.5 Å². The van der Waals surface area contributed by atoms with Crippen LogP contribution in [-0.4, -0.2) is 33.9 Å². The summed E-state index contributed by atoms with van der Waals surface area (Å²) < 4.78 is 18.6. The molecule has 0 unspecified atom stereocenters. The highest BCUT2D eigenvalue weighted by Crippen LogP contribution is 2.42. The SMILES string of the molecule is CC.CC.COc1ccc(CNc2ncnc3c2c(-c2cc(C4CC4)on2)cn3C(C)C)c(OC)c1. The third-order valence-corrected chi connectivity index (χ3v) is 5.89. The van der Waals surface area contributed by atoms with Crippen molar-refractivity contribution < 1.29 is 14.0 Å². The first kappa shape index (κ1) is 27.0. The van der Waals surface area contributed by atoms with Gasteiger partial charge in [0.25, 0.3) is 0 Å². The molecular weight excluding hydrogens is 454 g/mol. The summed E-state index contributed by atoms with van der Waals surface area (Å²) in [5.41, 5.74) is 3.65. The lowest BCUT2D eigenvalue weighted by atomic mass is 10.1. The van der Waals surface area contributed by atoms with Crippen LogP contribution in [0.1, 0.15) is 77.7 Å². The van der Waals surface area contributed by atoms with Gasteiger partial charge in [0.05, 0.1) is 19.6 Å². The maximum absolute atomic E-state index is 5.63. The van der Waals surface area contributed by atoms with Crippen molar-refractivity contribution in [3.8, 4) is 22.8 Å². The topological polar surface area (TPSA) is 87.2 Å². The Hall–Kier alpha value is -3.55. The van der Waals surface area contributed by atoms with E-state index in [1.54, 1.807) is 20.5 Å². The summed E-state index contributed by atoms with van der Waals surface area (Å²) in [6.07, 6.45) is 6.03. The lowest BCUT2D eigenvalue weighted by molar-refractivity contribution is 0.386. The molecule has 3 aromatic heterocycles. The fourth-order valence-corrected chi connectivity index (χ4v) is 3.96. The van der Waals surface area contributed by atoms with E-state index in [9.17, 15) is 0 Å². The summed E-state index contributed by atoms with van der Waals surface area (Å²) in [5, 5.41) is 8.78. The highest BCUT2D eigenvalue weighted by atomic mass is 16.5. The van der Waals surface area contributed by atoms with Crippen LogP contribution in [-0.2, 0) is 6.54 Å². The van der Waals surface area contributed by atoms with Crippen molar-refractivity contribution in [2.24, 2.45) is 0 Å². The zero-order chi connectivity index (χ0) is 26.2. The van der Waals surface area contributed by atoms with Gasteiger partial charge >= 0.3 is 0 Å². The second kappa shape index (κ2) is 12.4. The van der Waals surface area contributed by atoms with E-state index in [4.69, 9.17) is 14.0 Å². The fraction of sp³-hybridized carbons (Fsp3) is 0.464. The van der Waals surface area contributed by atoms with E-state index in [-0.39, 0.29) is 6.04 Å². The van der Waals surface area contributed by atoms with Crippen LogP contribution in [0.25, 0.3) is 22.3 Å². The number of rotatable bonds is 8. The van der Waals surface area contributed by atoms with E-state index in [1.807, 2.05) is 45.9 Å². The molecule has 5 rings (SSSR count). The largest absolute Gasteiger partial charge is 0.497 e. The zero-order valence-corrected chi connectivity index (χ0v) is 22.8. The molecule has 1 saturated carbocycles. The predicted molar refractivity (Wildman–Crippen MR) is 145 cm³/mol. The molecule has 4 aromatic rings. The number of methoxy groups -OCH3 is 2. The van der Waals surface area contributed by atoms with Gasteiger partial charge in [-0.3, -0.25) is 0 Å². The molecule has 0 bridgehead atoms. The van der Waals surface area contributed by atoms with Crippen LogP contribution < -0.4 is 14.8 Å². The average molecular weight is 494 g/mol. The van der Waals surface area contributed by atoms with Crippen molar-refractivity contribution in [1.29, 1.82) is 0 Å². The monoisotopic (exact) mass is 493 g/mol. The van der Waals surface area contributed by atoms with Crippen molar-refractivity contribution in [2.75, 3.05) is 19.5 Å². The Balaban J connectivity index is 0.000000861. The summed E-state index contributed by atoms with van der Waals surface area (Å²) in [4.78, 5) is 9.15. The Kier molecular flexibility index (Phi) is 9.33. The van der Waals surface area contributed by atoms with Gasteiger partial charge in [0.15, 0.2) is 0 Å². The average Bonchev–Trinajstić information content (AvgIpc) is 3.52. The minimum absolute atomic E-state index is 0.241. The van der Waals surface area contributed by atoms with E-state index in [1.165, 1.54) is 12.8 Å². The van der Waals surface area contributed by atoms with Crippen LogP contribution >= 0.6 is 0 Å². The Labute approximate surface area is 214 Å². The first-order valence-electron chi connectivity index (χ1n) is 12.9. The normalized spacial score (nSPS) is 12.5. The lowest BCUT2D eigenvalue weighted by Crippen LogP contribution is -2.05. The number of anilines is 1. The summed E-state index contributed by atoms with van der Waals surface area (Å²) in [5.74, 6) is 3.72. The van der Waals surface area contributed by atoms with Crippen molar-refractivity contribution >= 4 is 16.9 Å². The Morgan fingerprint density at radius 1 is 1.06 bits per heavy atom. The van der Waals surface area contributed by atoms with Crippen molar-refractivity contribution in [3.63, 3.8) is 0 Å². The van der Waals surface area contributed by atoms with E-state index >= 15 is 0 Å². The van der Waals surface area contributed by atoms with Crippen LogP contribution in [0.15, 0.2) is 41.3 Å². The molecule has 1 aromatic carbocycles. The van der Waals surface area contributed by atoms with Gasteiger partial charge in [-0.2, -0.15) is 0 Å². The maximum Gasteiger partial charge on any atom is 0.146 e. The number of benzene rings is 1. The summed E-state index contributed by atoms with van der Waals surface area (Å²) in [7, 11) is 3.30. The molecule has 1 aliphatic rings. The molecule has 0 amide bonds. The molecule has 1 N–H and O–H groups in total. The van der Waals surface area contributed by atoms with Crippen LogP contribution in [0, 0.1) is 0 Å². The Morgan fingerprint density at radius 3 is 2.44 bits per heavy atom. The second-order valence-electron chi connectivity index (χ2n) is 8.38. The maximum atomic E-state index is 5.63. The molecule has 36 heavy (non-hydrogen) atoms. The van der Waals surface area contributed by atoms with Crippen LogP contribution in [0.3, 0.4) is 0 Å². The minimum Gasteiger partial charge on any atom is -0.497 e. The van der Waals surface area contributed by atoms with Crippen molar-refractivity contribution in [3.05, 3.63) is 48.1 Å². The highest BCUT2D eigenvalue weighted by Gasteiger charge is 2.29. The van der Waals surface area contributed by atoms with E-state index in [2.05, 4.69) is 51.1 Å². The number of aromatic nitrogens is 4. The molecule has 0 aliphatic heterocycles. The quantitative estimate of drug-likeness (QED) is 0.277. The first-order valence-corrected chi connectivity index (χ1v) is 12.9. The Morgan fingerprint density at radius 2 is 1.81 bits per heavy atom. The lowest BCUT2D eigenvalue weighted by Gasteiger charge is -2.13. The first-order chi connectivity index (χ1) is 17.6. The molecule has 0 spiro atoms. The third-order valence-electron chi connectivity index (χ3n) is 5.89. The number of nitrogens with one attached hydrogen (secondary N) is 1. The fourth-order valence-electron chi connectivity index (χ4n) is 3.96. The standard InChI is InChI=1S/C24H27N5O3.2C2H6/c1-14(2)29-12-18(19-10-21(32-28-19)15-5-6-15)22-23(26-13-27-24(22)29)25-11-16-7-8-17(30-3)9-20(16)31-4;2*1-2/h7-10,12-15H,5-6,11H2,1-4H3,(H,25,26,27);2*1-2H3. The number of hydrogen-bond donors (Lipinski definition) is 1. The molecule has 1 fully saturated rings. The second-order valence-corrected chi connectivity index (χ2v) is 8.38. The molecule has 0 atom stereocenters. The van der Waals surface area contributed by atoms with Gasteiger partial charge < -0.3 is 23.9 Å². The van der Waals surface area contributed by atoms with Gasteiger partial charge in [0.2, 0.25) is 0 Å². The smallest absolute Gasteiger partial charge is 0.146 e. The van der Waals surface area contributed by atoms with Crippen LogP contribution in [0.2, 0.25) is 0 Å². The molecular formula is C28H39N5O3. The van der Waals surface area contributed by atoms with Gasteiger partial charge in [-0.1, -0.05) is 32.9 Å². The molecule has 8 heteroatoms. The highest BCUT2D eigenvalue weighted by molar-refractivity contribution is 6.00. The molecule has 3 heterocycles. The minimum atomic E-state index is 0.241. The summed E-state index contributed by atoms with van der Waals surface area (Å²) >= 11 is 0. The number of hydrogen-bond acceptors (Lipinski definition) is 7. The number of ether oxygens (including phenoxy) is 2. The zero-order valence-electron chi connectivity index (χ0n) is 22.8. The van der Waals surface area contributed by atoms with E-state index < -0.39 is 0 Å². The van der Waals surface area contributed by atoms with E-state index in [0.29, 0.717) is 12.5 Å². The number of nitrogens with zero attached hydrogens (tertiary/aromatic N) is 4. The molecule has 1 aliphatic carbocycles. The molecule has 0 radical (unpaired) electrons. The van der Waals surface area contributed by atoms with Crippen molar-refractivity contribution in [1.82, 2.24) is 19.7 Å². The number of fused-ring (bicyclic) bond motifs is 1. The predicted octanol–water partition coefficient (Wildman–Crippen LogP) is 7.23. The van der Waals surface area contributed by atoms with Gasteiger partial charge in [0, 0.05) is 48.0 Å². The molecule has 0 saturated heterocycles. The van der Waals surface area contributed by atoms with E-state index in [0.717, 1.165) is 50.9 Å². The molecule has 194 valence electrons. The van der Waals surface area contributed by atoms with Gasteiger partial charge in [0.1, 0.15) is 40.7 Å².